The van der Waals surface area contributed by atoms with Gasteiger partial charge < -0.3 is 9.26 Å². The molecule has 4 aromatic rings. The Morgan fingerprint density at radius 1 is 1.13 bits per heavy atom. The number of anilines is 1. The Bertz CT molecular complexity index is 1290. The van der Waals surface area contributed by atoms with E-state index in [1.807, 2.05) is 38.1 Å². The molecule has 0 unspecified atom stereocenters. The summed E-state index contributed by atoms with van der Waals surface area (Å²) in [7, 11) is -2.33. The number of sulfonamides is 1. The van der Waals surface area contributed by atoms with E-state index < -0.39 is 10.0 Å². The summed E-state index contributed by atoms with van der Waals surface area (Å²) in [4.78, 5) is 4.96. The molecular formula is C22H21N3O4S2. The number of aromatic nitrogens is 2. The Morgan fingerprint density at radius 3 is 2.61 bits per heavy atom. The summed E-state index contributed by atoms with van der Waals surface area (Å²) in [5.41, 5.74) is 2.40. The van der Waals surface area contributed by atoms with E-state index in [9.17, 15) is 8.42 Å². The van der Waals surface area contributed by atoms with Crippen LogP contribution < -0.4 is 9.04 Å². The van der Waals surface area contributed by atoms with Gasteiger partial charge in [-0.3, -0.25) is 4.31 Å². The summed E-state index contributed by atoms with van der Waals surface area (Å²) in [6.07, 6.45) is 0. The van der Waals surface area contributed by atoms with Crippen molar-refractivity contribution in [2.24, 2.45) is 0 Å². The predicted molar refractivity (Wildman–Crippen MR) is 121 cm³/mol. The van der Waals surface area contributed by atoms with E-state index in [0.29, 0.717) is 28.7 Å². The van der Waals surface area contributed by atoms with Crippen LogP contribution in [0.25, 0.3) is 22.2 Å². The van der Waals surface area contributed by atoms with Gasteiger partial charge in [-0.05, 0) is 55.6 Å². The molecule has 0 aliphatic carbocycles. The lowest BCUT2D eigenvalue weighted by Gasteiger charge is -2.19. The van der Waals surface area contributed by atoms with Crippen LogP contribution in [0.15, 0.2) is 69.4 Å². The first-order valence-corrected chi connectivity index (χ1v) is 11.9. The first kappa shape index (κ1) is 21.1. The average molecular weight is 456 g/mol. The van der Waals surface area contributed by atoms with Gasteiger partial charge in [0.2, 0.25) is 5.82 Å². The van der Waals surface area contributed by atoms with Crippen molar-refractivity contribution >= 4 is 27.0 Å². The molecule has 0 fully saturated rings. The maximum absolute atomic E-state index is 13.3. The van der Waals surface area contributed by atoms with Crippen LogP contribution >= 0.6 is 11.3 Å². The minimum Gasteiger partial charge on any atom is -0.494 e. The first-order valence-electron chi connectivity index (χ1n) is 9.60. The number of rotatable bonds is 7. The van der Waals surface area contributed by atoms with Gasteiger partial charge in [0, 0.05) is 12.6 Å². The Labute approximate surface area is 185 Å². The number of ether oxygens (including phenoxy) is 1. The molecule has 0 bridgehead atoms. The van der Waals surface area contributed by atoms with Gasteiger partial charge in [0.05, 0.1) is 12.3 Å². The number of hydrogen-bond donors (Lipinski definition) is 0. The summed E-state index contributed by atoms with van der Waals surface area (Å²) in [5, 5.41) is 5.73. The van der Waals surface area contributed by atoms with E-state index in [0.717, 1.165) is 11.1 Å². The quantitative estimate of drug-likeness (QED) is 0.390. The fourth-order valence-electron chi connectivity index (χ4n) is 3.08. The summed E-state index contributed by atoms with van der Waals surface area (Å²) < 4.78 is 38.7. The summed E-state index contributed by atoms with van der Waals surface area (Å²) in [5.74, 6) is 1.27. The standard InChI is InChI=1S/C22H21N3O4S2/c1-4-28-18-10-8-17(9-11-18)25(3)31(26,27)19-12-13-30-20(19)22-23-21(24-29-22)16-7-5-6-15(2)14-16/h5-14H,4H2,1-3H3. The molecule has 7 nitrogen and oxygen atoms in total. The molecule has 0 atom stereocenters. The number of benzene rings is 2. The van der Waals surface area contributed by atoms with Crippen LogP contribution in [0.2, 0.25) is 0 Å². The summed E-state index contributed by atoms with van der Waals surface area (Å²) >= 11 is 1.24. The lowest BCUT2D eigenvalue weighted by molar-refractivity contribution is 0.340. The smallest absolute Gasteiger partial charge is 0.269 e. The molecule has 0 saturated heterocycles. The molecule has 160 valence electrons. The normalized spacial score (nSPS) is 11.5. The van der Waals surface area contributed by atoms with Gasteiger partial charge in [-0.15, -0.1) is 11.3 Å². The monoisotopic (exact) mass is 455 g/mol. The van der Waals surface area contributed by atoms with Crippen molar-refractivity contribution in [3.63, 3.8) is 0 Å². The van der Waals surface area contributed by atoms with Crippen molar-refractivity contribution in [1.29, 1.82) is 0 Å². The molecule has 9 heteroatoms. The van der Waals surface area contributed by atoms with E-state index in [1.54, 1.807) is 35.7 Å². The van der Waals surface area contributed by atoms with Crippen LogP contribution in [0.4, 0.5) is 5.69 Å². The van der Waals surface area contributed by atoms with E-state index in [4.69, 9.17) is 9.26 Å². The Kier molecular flexibility index (Phi) is 5.79. The topological polar surface area (TPSA) is 85.5 Å². The van der Waals surface area contributed by atoms with Crippen LogP contribution in [-0.4, -0.2) is 32.2 Å². The lowest BCUT2D eigenvalue weighted by Crippen LogP contribution is -2.26. The van der Waals surface area contributed by atoms with Gasteiger partial charge in [-0.2, -0.15) is 4.98 Å². The second-order valence-electron chi connectivity index (χ2n) is 6.81. The lowest BCUT2D eigenvalue weighted by atomic mass is 10.1. The largest absolute Gasteiger partial charge is 0.494 e. The van der Waals surface area contributed by atoms with Crippen LogP contribution in [-0.2, 0) is 10.0 Å². The highest BCUT2D eigenvalue weighted by Crippen LogP contribution is 2.35. The van der Waals surface area contributed by atoms with E-state index in [-0.39, 0.29) is 10.8 Å². The van der Waals surface area contributed by atoms with Crippen LogP contribution in [0.3, 0.4) is 0 Å². The molecule has 0 N–H and O–H groups in total. The first-order chi connectivity index (χ1) is 14.9. The maximum Gasteiger partial charge on any atom is 0.269 e. The summed E-state index contributed by atoms with van der Waals surface area (Å²) in [6.45, 7) is 4.41. The van der Waals surface area contributed by atoms with Crippen molar-refractivity contribution in [2.45, 2.75) is 18.7 Å². The second kappa shape index (κ2) is 8.52. The van der Waals surface area contributed by atoms with Crippen molar-refractivity contribution in [1.82, 2.24) is 10.1 Å². The zero-order chi connectivity index (χ0) is 22.0. The van der Waals surface area contributed by atoms with Crippen LogP contribution in [0.1, 0.15) is 12.5 Å². The molecule has 0 aliphatic heterocycles. The third kappa shape index (κ3) is 4.19. The predicted octanol–water partition coefficient (Wildman–Crippen LogP) is 5.00. The molecule has 0 radical (unpaired) electrons. The number of aryl methyl sites for hydroxylation is 1. The molecular weight excluding hydrogens is 434 g/mol. The minimum atomic E-state index is -3.84. The average Bonchev–Trinajstić information content (AvgIpc) is 3.44. The Morgan fingerprint density at radius 2 is 1.90 bits per heavy atom. The van der Waals surface area contributed by atoms with Crippen molar-refractivity contribution < 1.29 is 17.7 Å². The molecule has 2 aromatic heterocycles. The van der Waals surface area contributed by atoms with Crippen LogP contribution in [0.5, 0.6) is 5.75 Å². The highest BCUT2D eigenvalue weighted by molar-refractivity contribution is 7.93. The molecule has 0 saturated carbocycles. The fourth-order valence-corrected chi connectivity index (χ4v) is 5.59. The number of hydrogen-bond acceptors (Lipinski definition) is 7. The molecule has 0 amide bonds. The number of nitrogens with zero attached hydrogens (tertiary/aromatic N) is 3. The van der Waals surface area contributed by atoms with Crippen molar-refractivity contribution in [3.8, 4) is 27.9 Å². The molecule has 2 heterocycles. The summed E-state index contributed by atoms with van der Waals surface area (Å²) in [6, 6.07) is 16.2. The Balaban J connectivity index is 1.66. The van der Waals surface area contributed by atoms with E-state index in [1.165, 1.54) is 22.7 Å². The molecule has 0 spiro atoms. The van der Waals surface area contributed by atoms with Crippen LogP contribution in [0, 0.1) is 6.92 Å². The Hall–Kier alpha value is -3.17. The third-order valence-electron chi connectivity index (χ3n) is 4.68. The van der Waals surface area contributed by atoms with Gasteiger partial charge in [0.1, 0.15) is 15.5 Å². The van der Waals surface area contributed by atoms with Gasteiger partial charge in [0.25, 0.3) is 15.9 Å². The molecule has 0 aliphatic rings. The van der Waals surface area contributed by atoms with Crippen molar-refractivity contribution in [2.75, 3.05) is 18.0 Å². The van der Waals surface area contributed by atoms with Gasteiger partial charge in [-0.25, -0.2) is 8.42 Å². The van der Waals surface area contributed by atoms with Gasteiger partial charge in [0.15, 0.2) is 0 Å². The van der Waals surface area contributed by atoms with Crippen molar-refractivity contribution in [3.05, 3.63) is 65.5 Å². The zero-order valence-corrected chi connectivity index (χ0v) is 18.9. The third-order valence-corrected chi connectivity index (χ3v) is 7.53. The van der Waals surface area contributed by atoms with E-state index >= 15 is 0 Å². The number of thiophene rings is 1. The highest BCUT2D eigenvalue weighted by Gasteiger charge is 2.28. The van der Waals surface area contributed by atoms with E-state index in [2.05, 4.69) is 10.1 Å². The van der Waals surface area contributed by atoms with Gasteiger partial charge in [-0.1, -0.05) is 28.9 Å². The minimum absolute atomic E-state index is 0.119. The SMILES string of the molecule is CCOc1ccc(N(C)S(=O)(=O)c2ccsc2-c2nc(-c3cccc(C)c3)no2)cc1. The highest BCUT2D eigenvalue weighted by atomic mass is 32.2. The molecule has 2 aromatic carbocycles. The van der Waals surface area contributed by atoms with Gasteiger partial charge >= 0.3 is 0 Å². The maximum atomic E-state index is 13.3. The molecule has 31 heavy (non-hydrogen) atoms. The second-order valence-corrected chi connectivity index (χ2v) is 9.66. The zero-order valence-electron chi connectivity index (χ0n) is 17.3. The molecule has 4 rings (SSSR count). The fraction of sp³-hybridized carbons (Fsp3) is 0.182.